The molecule has 0 fully saturated rings. The molecule has 0 spiro atoms. The lowest BCUT2D eigenvalue weighted by atomic mass is 10.2. The second-order valence-corrected chi connectivity index (χ2v) is 4.10. The second-order valence-electron chi connectivity index (χ2n) is 4.10. The molecule has 0 bridgehead atoms. The van der Waals surface area contributed by atoms with Crippen LogP contribution in [0, 0.1) is 0 Å². The van der Waals surface area contributed by atoms with Crippen molar-refractivity contribution in [3.8, 4) is 5.75 Å². The molecular formula is C13H15N3O3. The third-order valence-corrected chi connectivity index (χ3v) is 2.80. The molecule has 100 valence electrons. The molecule has 0 unspecified atom stereocenters. The number of ether oxygens (including phenoxy) is 1. The first kappa shape index (κ1) is 12.9. The lowest BCUT2D eigenvalue weighted by molar-refractivity contribution is 0.0698. The number of nitrogens with two attached hydrogens (primary N) is 1. The molecule has 2 rings (SSSR count). The van der Waals surface area contributed by atoms with Crippen molar-refractivity contribution in [1.29, 1.82) is 0 Å². The van der Waals surface area contributed by atoms with Crippen LogP contribution in [0.3, 0.4) is 0 Å². The van der Waals surface area contributed by atoms with Crippen LogP contribution in [0.4, 0.5) is 5.69 Å². The van der Waals surface area contributed by atoms with Crippen molar-refractivity contribution >= 4 is 11.7 Å². The normalized spacial score (nSPS) is 10.4. The van der Waals surface area contributed by atoms with Gasteiger partial charge in [-0.15, -0.1) is 0 Å². The minimum absolute atomic E-state index is 0.0824. The van der Waals surface area contributed by atoms with Gasteiger partial charge in [0, 0.05) is 37.1 Å². The maximum atomic E-state index is 10.8. The molecule has 0 saturated heterocycles. The smallest absolute Gasteiger partial charge is 0.337 e. The van der Waals surface area contributed by atoms with E-state index < -0.39 is 5.97 Å². The van der Waals surface area contributed by atoms with E-state index in [1.165, 1.54) is 12.1 Å². The van der Waals surface area contributed by atoms with Crippen LogP contribution < -0.4 is 10.5 Å². The number of anilines is 1. The van der Waals surface area contributed by atoms with Crippen molar-refractivity contribution in [3.05, 3.63) is 41.7 Å². The summed E-state index contributed by atoms with van der Waals surface area (Å²) in [7, 11) is 1.87. The lowest BCUT2D eigenvalue weighted by Crippen LogP contribution is -2.07. The van der Waals surface area contributed by atoms with E-state index >= 15 is 0 Å². The molecule has 0 atom stereocenters. The van der Waals surface area contributed by atoms with Crippen LogP contribution >= 0.6 is 0 Å². The number of hydrogen-bond acceptors (Lipinski definition) is 4. The second kappa shape index (κ2) is 5.43. The fraction of sp³-hybridized carbons (Fsp3) is 0.231. The molecule has 1 aromatic heterocycles. The Labute approximate surface area is 110 Å². The van der Waals surface area contributed by atoms with Gasteiger partial charge < -0.3 is 15.6 Å². The van der Waals surface area contributed by atoms with Gasteiger partial charge in [-0.2, -0.15) is 5.10 Å². The predicted octanol–water partition coefficient (Wildman–Crippen LogP) is 1.32. The number of carbonyl (C=O) groups is 1. The van der Waals surface area contributed by atoms with Crippen molar-refractivity contribution in [1.82, 2.24) is 9.78 Å². The van der Waals surface area contributed by atoms with E-state index in [0.29, 0.717) is 12.4 Å². The van der Waals surface area contributed by atoms with E-state index in [0.717, 1.165) is 12.1 Å². The van der Waals surface area contributed by atoms with Crippen LogP contribution in [-0.4, -0.2) is 27.5 Å². The number of aromatic nitrogens is 2. The summed E-state index contributed by atoms with van der Waals surface area (Å²) >= 11 is 0. The maximum Gasteiger partial charge on any atom is 0.337 e. The highest BCUT2D eigenvalue weighted by Gasteiger charge is 2.08. The maximum absolute atomic E-state index is 10.8. The van der Waals surface area contributed by atoms with E-state index in [2.05, 4.69) is 5.10 Å². The Morgan fingerprint density at radius 3 is 2.84 bits per heavy atom. The van der Waals surface area contributed by atoms with Crippen molar-refractivity contribution in [2.24, 2.45) is 7.05 Å². The Kier molecular flexibility index (Phi) is 3.70. The minimum atomic E-state index is -1.04. The molecular weight excluding hydrogens is 246 g/mol. The summed E-state index contributed by atoms with van der Waals surface area (Å²) in [6, 6.07) is 6.48. The Morgan fingerprint density at radius 2 is 2.26 bits per heavy atom. The molecule has 6 heteroatoms. The fourth-order valence-electron chi connectivity index (χ4n) is 1.75. The van der Waals surface area contributed by atoms with Gasteiger partial charge >= 0.3 is 5.97 Å². The molecule has 1 heterocycles. The molecule has 1 aromatic carbocycles. The minimum Gasteiger partial charge on any atom is -0.493 e. The largest absolute Gasteiger partial charge is 0.493 e. The molecule has 2 aromatic rings. The highest BCUT2D eigenvalue weighted by molar-refractivity contribution is 5.93. The zero-order chi connectivity index (χ0) is 13.8. The average Bonchev–Trinajstić information content (AvgIpc) is 2.75. The Morgan fingerprint density at radius 1 is 1.47 bits per heavy atom. The monoisotopic (exact) mass is 261 g/mol. The molecule has 0 radical (unpaired) electrons. The van der Waals surface area contributed by atoms with Crippen molar-refractivity contribution < 1.29 is 14.6 Å². The highest BCUT2D eigenvalue weighted by atomic mass is 16.5. The molecule has 19 heavy (non-hydrogen) atoms. The quantitative estimate of drug-likeness (QED) is 0.792. The Balaban J connectivity index is 1.95. The lowest BCUT2D eigenvalue weighted by Gasteiger charge is -2.08. The molecule has 3 N–H and O–H groups in total. The first-order chi connectivity index (χ1) is 9.08. The molecule has 6 nitrogen and oxygen atoms in total. The summed E-state index contributed by atoms with van der Waals surface area (Å²) in [4.78, 5) is 10.8. The van der Waals surface area contributed by atoms with Crippen molar-refractivity contribution in [3.63, 3.8) is 0 Å². The molecule has 0 aliphatic heterocycles. The summed E-state index contributed by atoms with van der Waals surface area (Å²) in [5, 5.41) is 12.9. The standard InChI is InChI=1S/C13H15N3O3/c1-16-9(4-6-15-16)5-7-19-10-2-3-11(13(17)18)12(14)8-10/h2-4,6,8H,5,7,14H2,1H3,(H,17,18). The van der Waals surface area contributed by atoms with Gasteiger partial charge in [-0.3, -0.25) is 4.68 Å². The van der Waals surface area contributed by atoms with Gasteiger partial charge in [0.15, 0.2) is 0 Å². The third-order valence-electron chi connectivity index (χ3n) is 2.80. The van der Waals surface area contributed by atoms with E-state index in [9.17, 15) is 4.79 Å². The van der Waals surface area contributed by atoms with Gasteiger partial charge in [0.1, 0.15) is 5.75 Å². The molecule has 0 amide bonds. The molecule has 0 saturated carbocycles. The van der Waals surface area contributed by atoms with Crippen LogP contribution in [0.5, 0.6) is 5.75 Å². The number of nitrogens with zero attached hydrogens (tertiary/aromatic N) is 2. The number of hydrogen-bond donors (Lipinski definition) is 2. The van der Waals surface area contributed by atoms with Crippen LogP contribution in [0.15, 0.2) is 30.5 Å². The predicted molar refractivity (Wildman–Crippen MR) is 70.2 cm³/mol. The number of rotatable bonds is 5. The summed E-state index contributed by atoms with van der Waals surface area (Å²) in [6.07, 6.45) is 2.45. The van der Waals surface area contributed by atoms with Crippen LogP contribution in [0.25, 0.3) is 0 Å². The summed E-state index contributed by atoms with van der Waals surface area (Å²) in [5.41, 5.74) is 6.98. The van der Waals surface area contributed by atoms with Crippen LogP contribution in [-0.2, 0) is 13.5 Å². The number of carboxylic acids is 1. The average molecular weight is 261 g/mol. The first-order valence-electron chi connectivity index (χ1n) is 5.80. The number of aromatic carboxylic acids is 1. The summed E-state index contributed by atoms with van der Waals surface area (Å²) in [6.45, 7) is 0.478. The van der Waals surface area contributed by atoms with Crippen LogP contribution in [0.1, 0.15) is 16.1 Å². The highest BCUT2D eigenvalue weighted by Crippen LogP contribution is 2.20. The van der Waals surface area contributed by atoms with Gasteiger partial charge in [-0.25, -0.2) is 4.79 Å². The van der Waals surface area contributed by atoms with E-state index in [4.69, 9.17) is 15.6 Å². The topological polar surface area (TPSA) is 90.4 Å². The van der Waals surface area contributed by atoms with E-state index in [1.807, 2.05) is 13.1 Å². The van der Waals surface area contributed by atoms with Gasteiger partial charge in [0.2, 0.25) is 0 Å². The molecule has 0 aliphatic rings. The van der Waals surface area contributed by atoms with Crippen molar-refractivity contribution in [2.75, 3.05) is 12.3 Å². The first-order valence-corrected chi connectivity index (χ1v) is 5.80. The van der Waals surface area contributed by atoms with Gasteiger partial charge in [0.05, 0.1) is 12.2 Å². The van der Waals surface area contributed by atoms with Crippen molar-refractivity contribution in [2.45, 2.75) is 6.42 Å². The number of carboxylic acid groups (broad SMARTS) is 1. The fourth-order valence-corrected chi connectivity index (χ4v) is 1.75. The number of benzene rings is 1. The third kappa shape index (κ3) is 3.04. The summed E-state index contributed by atoms with van der Waals surface area (Å²) < 4.78 is 7.32. The van der Waals surface area contributed by atoms with E-state index in [1.54, 1.807) is 16.9 Å². The van der Waals surface area contributed by atoms with E-state index in [-0.39, 0.29) is 11.3 Å². The molecule has 0 aliphatic carbocycles. The van der Waals surface area contributed by atoms with Gasteiger partial charge in [-0.1, -0.05) is 0 Å². The number of aryl methyl sites for hydroxylation is 1. The Hall–Kier alpha value is -2.50. The zero-order valence-corrected chi connectivity index (χ0v) is 10.5. The van der Waals surface area contributed by atoms with Gasteiger partial charge in [0.25, 0.3) is 0 Å². The zero-order valence-electron chi connectivity index (χ0n) is 10.5. The summed E-state index contributed by atoms with van der Waals surface area (Å²) in [5.74, 6) is -0.483. The van der Waals surface area contributed by atoms with Gasteiger partial charge in [-0.05, 0) is 18.2 Å². The Bertz CT molecular complexity index is 593. The SMILES string of the molecule is Cn1nccc1CCOc1ccc(C(=O)O)c(N)c1. The number of nitrogen functional groups attached to an aromatic ring is 1. The van der Waals surface area contributed by atoms with Crippen LogP contribution in [0.2, 0.25) is 0 Å².